The minimum absolute atomic E-state index is 0.195. The minimum Gasteiger partial charge on any atom is -0.493 e. The number of nitrogens with one attached hydrogen (secondary N) is 1. The van der Waals surface area contributed by atoms with Crippen LogP contribution >= 0.6 is 11.8 Å². The van der Waals surface area contributed by atoms with Crippen LogP contribution < -0.4 is 14.8 Å². The maximum Gasteiger partial charge on any atom is 0.288 e. The molecule has 30 heavy (non-hydrogen) atoms. The lowest BCUT2D eigenvalue weighted by Gasteiger charge is -2.09. The Labute approximate surface area is 177 Å². The fourth-order valence-corrected chi connectivity index (χ4v) is 3.52. The molecule has 1 amide bonds. The number of aromatic nitrogens is 2. The van der Waals surface area contributed by atoms with Gasteiger partial charge < -0.3 is 14.8 Å². The third-order valence-corrected chi connectivity index (χ3v) is 5.10. The van der Waals surface area contributed by atoms with Gasteiger partial charge in [0.15, 0.2) is 11.5 Å². The number of anilines is 1. The molecule has 9 heteroatoms. The molecule has 3 aromatic rings. The van der Waals surface area contributed by atoms with Crippen LogP contribution in [0.5, 0.6) is 11.5 Å². The Bertz CT molecular complexity index is 1010. The number of methoxy groups -OCH3 is 2. The lowest BCUT2D eigenvalue weighted by atomic mass is 10.1. The Morgan fingerprint density at radius 3 is 2.67 bits per heavy atom. The third-order valence-electron chi connectivity index (χ3n) is 4.32. The van der Waals surface area contributed by atoms with Crippen LogP contribution in [0.3, 0.4) is 0 Å². The van der Waals surface area contributed by atoms with E-state index in [9.17, 15) is 13.6 Å². The van der Waals surface area contributed by atoms with Gasteiger partial charge in [0.25, 0.3) is 11.7 Å². The average molecular weight is 433 g/mol. The van der Waals surface area contributed by atoms with E-state index in [2.05, 4.69) is 10.4 Å². The summed E-state index contributed by atoms with van der Waals surface area (Å²) in [7, 11) is 3.17. The fraction of sp³-hybridized carbons (Fsp3) is 0.238. The van der Waals surface area contributed by atoms with Crippen LogP contribution in [0, 0.1) is 0 Å². The van der Waals surface area contributed by atoms with Crippen LogP contribution in [0.2, 0.25) is 0 Å². The quantitative estimate of drug-likeness (QED) is 0.495. The summed E-state index contributed by atoms with van der Waals surface area (Å²) in [6, 6.07) is 12.0. The van der Waals surface area contributed by atoms with Crippen molar-refractivity contribution < 1.29 is 23.0 Å². The molecule has 0 aliphatic heterocycles. The van der Waals surface area contributed by atoms with Gasteiger partial charge in [-0.25, -0.2) is 0 Å². The number of halogens is 2. The monoisotopic (exact) mass is 433 g/mol. The first-order valence-corrected chi connectivity index (χ1v) is 9.96. The van der Waals surface area contributed by atoms with Crippen LogP contribution in [-0.4, -0.2) is 35.7 Å². The van der Waals surface area contributed by atoms with Gasteiger partial charge in [-0.1, -0.05) is 30.0 Å². The second kappa shape index (κ2) is 10.1. The molecule has 158 valence electrons. The van der Waals surface area contributed by atoms with Crippen molar-refractivity contribution in [1.29, 1.82) is 0 Å². The number of nitrogens with zero attached hydrogens (tertiary/aromatic N) is 2. The Kier molecular flexibility index (Phi) is 7.29. The number of carbonyl (C=O) groups is 1. The number of aryl methyl sites for hydroxylation is 2. The molecule has 0 aliphatic rings. The number of benzene rings is 2. The molecule has 1 aromatic heterocycles. The van der Waals surface area contributed by atoms with Crippen molar-refractivity contribution in [2.75, 3.05) is 19.5 Å². The van der Waals surface area contributed by atoms with E-state index in [1.54, 1.807) is 37.2 Å². The van der Waals surface area contributed by atoms with E-state index < -0.39 is 11.7 Å². The standard InChI is InChI=1S/C21H21F2N3O3S/c1-28-17-8-7-14(11-18(17)29-2)9-10-26-13-15(12-24-26)25-20(27)16-5-3-4-6-19(16)30-21(22)23/h3-8,11-13,21H,9-10H2,1-2H3,(H,25,27). The Morgan fingerprint density at radius 1 is 1.17 bits per heavy atom. The predicted octanol–water partition coefficient (Wildman–Crippen LogP) is 4.71. The smallest absolute Gasteiger partial charge is 0.288 e. The molecule has 0 saturated carbocycles. The van der Waals surface area contributed by atoms with E-state index in [1.807, 2.05) is 18.2 Å². The van der Waals surface area contributed by atoms with Crippen molar-refractivity contribution in [3.8, 4) is 11.5 Å². The van der Waals surface area contributed by atoms with Gasteiger partial charge in [-0.15, -0.1) is 0 Å². The minimum atomic E-state index is -2.60. The summed E-state index contributed by atoms with van der Waals surface area (Å²) in [6.45, 7) is 0.586. The number of hydrogen-bond acceptors (Lipinski definition) is 5. The summed E-state index contributed by atoms with van der Waals surface area (Å²) in [5.74, 6) is -1.74. The first-order chi connectivity index (χ1) is 14.5. The van der Waals surface area contributed by atoms with Crippen molar-refractivity contribution in [2.24, 2.45) is 0 Å². The first kappa shape index (κ1) is 21.6. The summed E-state index contributed by atoms with van der Waals surface area (Å²) < 4.78 is 37.7. The summed E-state index contributed by atoms with van der Waals surface area (Å²) in [4.78, 5) is 12.7. The molecule has 1 heterocycles. The topological polar surface area (TPSA) is 65.4 Å². The predicted molar refractivity (Wildman–Crippen MR) is 112 cm³/mol. The number of carbonyl (C=O) groups excluding carboxylic acids is 1. The molecule has 0 atom stereocenters. The fourth-order valence-electron chi connectivity index (χ4n) is 2.88. The lowest BCUT2D eigenvalue weighted by Crippen LogP contribution is -2.12. The van der Waals surface area contributed by atoms with E-state index in [0.717, 1.165) is 5.56 Å². The van der Waals surface area contributed by atoms with Crippen molar-refractivity contribution in [2.45, 2.75) is 23.6 Å². The zero-order valence-corrected chi connectivity index (χ0v) is 17.3. The van der Waals surface area contributed by atoms with E-state index in [4.69, 9.17) is 9.47 Å². The molecular formula is C21H21F2N3O3S. The molecule has 0 spiro atoms. The van der Waals surface area contributed by atoms with Crippen molar-refractivity contribution in [1.82, 2.24) is 9.78 Å². The number of rotatable bonds is 9. The molecule has 3 rings (SSSR count). The van der Waals surface area contributed by atoms with Gasteiger partial charge in [0.05, 0.1) is 31.7 Å². The molecule has 1 N–H and O–H groups in total. The van der Waals surface area contributed by atoms with Crippen LogP contribution in [0.15, 0.2) is 59.8 Å². The second-order valence-corrected chi connectivity index (χ2v) is 7.29. The number of hydrogen-bond donors (Lipinski definition) is 1. The molecule has 0 saturated heterocycles. The average Bonchev–Trinajstić information content (AvgIpc) is 3.19. The lowest BCUT2D eigenvalue weighted by molar-refractivity contribution is 0.102. The zero-order chi connectivity index (χ0) is 21.5. The van der Waals surface area contributed by atoms with Crippen molar-refractivity contribution >= 4 is 23.4 Å². The van der Waals surface area contributed by atoms with Gasteiger partial charge in [-0.2, -0.15) is 13.9 Å². The van der Waals surface area contributed by atoms with Crippen LogP contribution in [-0.2, 0) is 13.0 Å². The van der Waals surface area contributed by atoms with Gasteiger partial charge in [0.2, 0.25) is 0 Å². The first-order valence-electron chi connectivity index (χ1n) is 9.08. The molecule has 0 fully saturated rings. The summed E-state index contributed by atoms with van der Waals surface area (Å²) in [6.07, 6.45) is 3.92. The highest BCUT2D eigenvalue weighted by Crippen LogP contribution is 2.29. The van der Waals surface area contributed by atoms with Gasteiger partial charge in [-0.05, 0) is 36.2 Å². The van der Waals surface area contributed by atoms with E-state index in [0.29, 0.717) is 41.9 Å². The van der Waals surface area contributed by atoms with Gasteiger partial charge in [0, 0.05) is 17.6 Å². The Morgan fingerprint density at radius 2 is 1.93 bits per heavy atom. The highest BCUT2D eigenvalue weighted by atomic mass is 32.2. The van der Waals surface area contributed by atoms with Crippen molar-refractivity contribution in [3.05, 3.63) is 66.0 Å². The normalized spacial score (nSPS) is 10.8. The third kappa shape index (κ3) is 5.50. The van der Waals surface area contributed by atoms with Gasteiger partial charge in [0.1, 0.15) is 0 Å². The number of thioether (sulfide) groups is 1. The number of ether oxygens (including phenoxy) is 2. The SMILES string of the molecule is COc1ccc(CCn2cc(NC(=O)c3ccccc3SC(F)F)cn2)cc1OC. The molecule has 0 unspecified atom stereocenters. The van der Waals surface area contributed by atoms with Crippen LogP contribution in [0.1, 0.15) is 15.9 Å². The van der Waals surface area contributed by atoms with Gasteiger partial charge in [-0.3, -0.25) is 9.48 Å². The number of amides is 1. The molecular weight excluding hydrogens is 412 g/mol. The van der Waals surface area contributed by atoms with Crippen LogP contribution in [0.25, 0.3) is 0 Å². The molecule has 2 aromatic carbocycles. The summed E-state index contributed by atoms with van der Waals surface area (Å²) >= 11 is 0.346. The second-order valence-electron chi connectivity index (χ2n) is 6.26. The van der Waals surface area contributed by atoms with E-state index in [1.165, 1.54) is 18.3 Å². The molecule has 0 radical (unpaired) electrons. The zero-order valence-electron chi connectivity index (χ0n) is 16.5. The maximum atomic E-state index is 12.7. The summed E-state index contributed by atoms with van der Waals surface area (Å²) in [5.41, 5.74) is 1.73. The molecule has 0 bridgehead atoms. The highest BCUT2D eigenvalue weighted by molar-refractivity contribution is 7.99. The van der Waals surface area contributed by atoms with Crippen molar-refractivity contribution in [3.63, 3.8) is 0 Å². The number of alkyl halides is 2. The molecule has 6 nitrogen and oxygen atoms in total. The van der Waals surface area contributed by atoms with E-state index in [-0.39, 0.29) is 10.5 Å². The Balaban J connectivity index is 1.62. The summed E-state index contributed by atoms with van der Waals surface area (Å²) in [5, 5.41) is 6.95. The maximum absolute atomic E-state index is 12.7. The van der Waals surface area contributed by atoms with Gasteiger partial charge >= 0.3 is 0 Å². The largest absolute Gasteiger partial charge is 0.493 e. The van der Waals surface area contributed by atoms with E-state index >= 15 is 0 Å². The Hall–Kier alpha value is -3.07. The molecule has 0 aliphatic carbocycles. The van der Waals surface area contributed by atoms with Crippen LogP contribution in [0.4, 0.5) is 14.5 Å². The highest BCUT2D eigenvalue weighted by Gasteiger charge is 2.16.